The van der Waals surface area contributed by atoms with Crippen LogP contribution in [0, 0.1) is 5.92 Å². The van der Waals surface area contributed by atoms with Gasteiger partial charge in [-0.05, 0) is 45.3 Å². The number of carbonyl (C=O) groups excluding carboxylic acids is 1. The Bertz CT molecular complexity index is 398. The van der Waals surface area contributed by atoms with Gasteiger partial charge in [-0.2, -0.15) is 0 Å². The van der Waals surface area contributed by atoms with E-state index >= 15 is 0 Å². The number of hydrogen-bond acceptors (Lipinski definition) is 4. The summed E-state index contributed by atoms with van der Waals surface area (Å²) in [5.74, 6) is 0.172. The fourth-order valence-electron chi connectivity index (χ4n) is 2.14. The Morgan fingerprint density at radius 2 is 1.83 bits per heavy atom. The maximum atomic E-state index is 12.0. The Morgan fingerprint density at radius 3 is 2.35 bits per heavy atom. The van der Waals surface area contributed by atoms with Gasteiger partial charge >= 0.3 is 6.09 Å². The van der Waals surface area contributed by atoms with E-state index in [-0.39, 0.29) is 23.1 Å². The number of ether oxygens (including phenoxy) is 2. The van der Waals surface area contributed by atoms with E-state index in [1.807, 2.05) is 20.8 Å². The topological polar surface area (TPSA) is 56.8 Å². The summed E-state index contributed by atoms with van der Waals surface area (Å²) in [6.07, 6.45) is 0.437. The van der Waals surface area contributed by atoms with Gasteiger partial charge in [-0.1, -0.05) is 20.8 Å². The van der Waals surface area contributed by atoms with Gasteiger partial charge in [0.15, 0.2) is 8.32 Å². The molecule has 0 aromatic heterocycles. The fraction of sp³-hybridized carbons (Fsp3) is 0.941. The molecule has 0 radical (unpaired) electrons. The smallest absolute Gasteiger partial charge is 0.407 e. The summed E-state index contributed by atoms with van der Waals surface area (Å²) in [6, 6.07) is 0.0448. The van der Waals surface area contributed by atoms with Crippen molar-refractivity contribution in [2.75, 3.05) is 19.8 Å². The van der Waals surface area contributed by atoms with E-state index in [1.54, 1.807) is 0 Å². The lowest BCUT2D eigenvalue weighted by Gasteiger charge is -2.39. The van der Waals surface area contributed by atoms with Gasteiger partial charge in [-0.3, -0.25) is 0 Å². The van der Waals surface area contributed by atoms with Crippen LogP contribution in [-0.2, 0) is 13.9 Å². The summed E-state index contributed by atoms with van der Waals surface area (Å²) < 4.78 is 17.3. The molecule has 1 heterocycles. The van der Waals surface area contributed by atoms with Gasteiger partial charge in [0.1, 0.15) is 5.60 Å². The third kappa shape index (κ3) is 6.81. The van der Waals surface area contributed by atoms with Crippen molar-refractivity contribution in [3.05, 3.63) is 0 Å². The molecule has 0 bridgehead atoms. The first kappa shape index (κ1) is 20.5. The minimum absolute atomic E-state index is 0.0448. The molecule has 1 saturated heterocycles. The van der Waals surface area contributed by atoms with Gasteiger partial charge in [-0.25, -0.2) is 4.79 Å². The van der Waals surface area contributed by atoms with Crippen LogP contribution in [0.3, 0.4) is 0 Å². The lowest BCUT2D eigenvalue weighted by Crippen LogP contribution is -2.50. The zero-order chi connectivity index (χ0) is 17.9. The average Bonchev–Trinajstić information content (AvgIpc) is 2.34. The molecule has 0 aliphatic carbocycles. The van der Waals surface area contributed by atoms with Gasteiger partial charge in [0, 0.05) is 25.2 Å². The molecular weight excluding hydrogens is 310 g/mol. The molecule has 0 spiro atoms. The molecule has 1 aliphatic rings. The largest absolute Gasteiger partial charge is 0.444 e. The van der Waals surface area contributed by atoms with Crippen molar-refractivity contribution in [3.63, 3.8) is 0 Å². The molecule has 2 atom stereocenters. The first-order valence-corrected chi connectivity index (χ1v) is 11.4. The van der Waals surface area contributed by atoms with Crippen LogP contribution in [0.1, 0.15) is 48.0 Å². The maximum Gasteiger partial charge on any atom is 0.407 e. The molecule has 1 rings (SSSR count). The van der Waals surface area contributed by atoms with Crippen LogP contribution in [0.2, 0.25) is 18.1 Å². The number of carbonyl (C=O) groups is 1. The number of amides is 1. The van der Waals surface area contributed by atoms with Gasteiger partial charge in [0.25, 0.3) is 0 Å². The second kappa shape index (κ2) is 7.53. The number of nitrogens with one attached hydrogen (secondary N) is 1. The van der Waals surface area contributed by atoms with E-state index in [9.17, 15) is 4.79 Å². The first-order valence-electron chi connectivity index (χ1n) is 8.53. The van der Waals surface area contributed by atoms with Crippen molar-refractivity contribution in [1.29, 1.82) is 0 Å². The van der Waals surface area contributed by atoms with Crippen LogP contribution < -0.4 is 5.32 Å². The van der Waals surface area contributed by atoms with Gasteiger partial charge < -0.3 is 19.2 Å². The van der Waals surface area contributed by atoms with Crippen molar-refractivity contribution in [3.8, 4) is 0 Å². The van der Waals surface area contributed by atoms with Gasteiger partial charge in [-0.15, -0.1) is 0 Å². The summed E-state index contributed by atoms with van der Waals surface area (Å²) >= 11 is 0. The Balaban J connectivity index is 2.60. The standard InChI is InChI=1S/C17H35NO4Si/c1-16(2,3)22-15(19)18-14-9-10-20-11-13(14)12-21-23(7,8)17(4,5)6/h13-14H,9-12H2,1-8H3,(H,18,19)/t13?,14-/m1/s1. The molecule has 0 aromatic carbocycles. The predicted octanol–water partition coefficient (Wildman–Crippen LogP) is 3.94. The Morgan fingerprint density at radius 1 is 1.22 bits per heavy atom. The Kier molecular flexibility index (Phi) is 6.70. The molecule has 0 saturated carbocycles. The lowest BCUT2D eigenvalue weighted by atomic mass is 9.97. The number of alkyl carbamates (subject to hydrolysis) is 1. The molecule has 136 valence electrons. The van der Waals surface area contributed by atoms with E-state index in [0.29, 0.717) is 19.8 Å². The highest BCUT2D eigenvalue weighted by molar-refractivity contribution is 6.74. The summed E-state index contributed by atoms with van der Waals surface area (Å²) in [4.78, 5) is 12.0. The van der Waals surface area contributed by atoms with Crippen molar-refractivity contribution in [1.82, 2.24) is 5.32 Å². The van der Waals surface area contributed by atoms with Crippen molar-refractivity contribution in [2.45, 2.75) is 77.7 Å². The molecule has 1 fully saturated rings. The van der Waals surface area contributed by atoms with Crippen LogP contribution in [0.4, 0.5) is 4.79 Å². The highest BCUT2D eigenvalue weighted by Gasteiger charge is 2.39. The van der Waals surface area contributed by atoms with Crippen LogP contribution in [0.25, 0.3) is 0 Å². The molecule has 23 heavy (non-hydrogen) atoms. The molecule has 1 amide bonds. The van der Waals surface area contributed by atoms with Crippen molar-refractivity contribution >= 4 is 14.4 Å². The third-order valence-corrected chi connectivity index (χ3v) is 9.14. The van der Waals surface area contributed by atoms with Crippen LogP contribution in [0.15, 0.2) is 0 Å². The lowest BCUT2D eigenvalue weighted by molar-refractivity contribution is 0.00264. The molecule has 5 nitrogen and oxygen atoms in total. The molecule has 1 unspecified atom stereocenters. The summed E-state index contributed by atoms with van der Waals surface area (Å²) in [5.41, 5.74) is -0.484. The third-order valence-electron chi connectivity index (χ3n) is 4.64. The Hall–Kier alpha value is -0.593. The molecule has 6 heteroatoms. The number of hydrogen-bond donors (Lipinski definition) is 1. The predicted molar refractivity (Wildman–Crippen MR) is 95.2 cm³/mol. The fourth-order valence-corrected chi connectivity index (χ4v) is 3.21. The van der Waals surface area contributed by atoms with E-state index in [4.69, 9.17) is 13.9 Å². The quantitative estimate of drug-likeness (QED) is 0.784. The van der Waals surface area contributed by atoms with Crippen LogP contribution in [0.5, 0.6) is 0 Å². The SMILES string of the molecule is CC(C)(C)OC(=O)N[C@@H]1CCOCC1CO[Si](C)(C)C(C)(C)C. The van der Waals surface area contributed by atoms with E-state index in [1.165, 1.54) is 0 Å². The van der Waals surface area contributed by atoms with Crippen LogP contribution >= 0.6 is 0 Å². The van der Waals surface area contributed by atoms with Gasteiger partial charge in [0.05, 0.1) is 6.61 Å². The maximum absolute atomic E-state index is 12.0. The first-order chi connectivity index (χ1) is 10.3. The van der Waals surface area contributed by atoms with Crippen molar-refractivity contribution in [2.24, 2.45) is 5.92 Å². The van der Waals surface area contributed by atoms with E-state index < -0.39 is 13.9 Å². The minimum Gasteiger partial charge on any atom is -0.444 e. The monoisotopic (exact) mass is 345 g/mol. The average molecular weight is 346 g/mol. The summed E-state index contributed by atoms with van der Waals surface area (Å²) in [7, 11) is -1.80. The van der Waals surface area contributed by atoms with Crippen molar-refractivity contribution < 1.29 is 18.7 Å². The van der Waals surface area contributed by atoms with E-state index in [2.05, 4.69) is 39.2 Å². The highest BCUT2D eigenvalue weighted by Crippen LogP contribution is 2.37. The molecule has 0 aromatic rings. The minimum atomic E-state index is -1.80. The highest BCUT2D eigenvalue weighted by atomic mass is 28.4. The summed E-state index contributed by atoms with van der Waals surface area (Å²) in [6.45, 7) is 18.7. The molecule has 1 aliphatic heterocycles. The van der Waals surface area contributed by atoms with E-state index in [0.717, 1.165) is 6.42 Å². The summed E-state index contributed by atoms with van der Waals surface area (Å²) in [5, 5.41) is 3.17. The second-order valence-corrected chi connectivity index (χ2v) is 13.8. The Labute approximate surface area is 142 Å². The normalized spacial score (nSPS) is 23.5. The zero-order valence-corrected chi connectivity index (χ0v) is 17.1. The second-order valence-electron chi connectivity index (χ2n) is 8.95. The molecular formula is C17H35NO4Si. The number of rotatable bonds is 4. The van der Waals surface area contributed by atoms with Crippen LogP contribution in [-0.4, -0.2) is 45.9 Å². The zero-order valence-electron chi connectivity index (χ0n) is 16.1. The molecule has 1 N–H and O–H groups in total. The van der Waals surface area contributed by atoms with Gasteiger partial charge in [0.2, 0.25) is 0 Å².